The average Bonchev–Trinajstić information content (AvgIpc) is 3.10. The van der Waals surface area contributed by atoms with E-state index in [1.807, 2.05) is 0 Å². The Labute approximate surface area is 147 Å². The van der Waals surface area contributed by atoms with Crippen molar-refractivity contribution < 1.29 is 19.0 Å². The molecule has 26 heavy (non-hydrogen) atoms. The molecule has 3 aromatic rings. The Morgan fingerprint density at radius 3 is 2.54 bits per heavy atom. The number of nitrogens with two attached hydrogens (primary N) is 1. The minimum Gasteiger partial charge on any atom is -0.422 e. The molecular weight excluding hydrogens is 338 g/mol. The molecule has 0 saturated heterocycles. The smallest absolute Gasteiger partial charge is 0.343 e. The van der Waals surface area contributed by atoms with Crippen LogP contribution in [-0.2, 0) is 0 Å². The molecule has 9 nitrogen and oxygen atoms in total. The Bertz CT molecular complexity index is 953. The standard InChI is InChI=1S/C17H13N5O4/c18-15-14(21-26-22-15)16(23)20-19-10-12-8-4-5-9-13(12)25-17(24)11-6-2-1-3-7-11/h1-10H,(H2,18,22)(H,20,23). The number of carbonyl (C=O) groups is 2. The van der Waals surface area contributed by atoms with Crippen LogP contribution in [0.1, 0.15) is 26.4 Å². The number of hydrogen-bond acceptors (Lipinski definition) is 8. The van der Waals surface area contributed by atoms with Crippen molar-refractivity contribution in [2.45, 2.75) is 0 Å². The number of anilines is 1. The zero-order chi connectivity index (χ0) is 18.4. The van der Waals surface area contributed by atoms with Crippen molar-refractivity contribution in [3.05, 3.63) is 71.4 Å². The van der Waals surface area contributed by atoms with Crippen LogP contribution in [0, 0.1) is 0 Å². The van der Waals surface area contributed by atoms with Gasteiger partial charge in [-0.2, -0.15) is 5.10 Å². The third kappa shape index (κ3) is 3.90. The van der Waals surface area contributed by atoms with Crippen LogP contribution >= 0.6 is 0 Å². The van der Waals surface area contributed by atoms with Crippen LogP contribution in [0.2, 0.25) is 0 Å². The average molecular weight is 351 g/mol. The SMILES string of the molecule is Nc1nonc1C(=O)NN=Cc1ccccc1OC(=O)c1ccccc1. The zero-order valence-electron chi connectivity index (χ0n) is 13.3. The maximum atomic E-state index is 12.2. The molecule has 9 heteroatoms. The lowest BCUT2D eigenvalue weighted by atomic mass is 10.2. The van der Waals surface area contributed by atoms with Gasteiger partial charge in [0, 0.05) is 5.56 Å². The van der Waals surface area contributed by atoms with Crippen LogP contribution in [0.25, 0.3) is 0 Å². The van der Waals surface area contributed by atoms with Gasteiger partial charge in [0.15, 0.2) is 0 Å². The molecule has 0 unspecified atom stereocenters. The largest absolute Gasteiger partial charge is 0.422 e. The molecule has 0 aliphatic heterocycles. The number of para-hydroxylation sites is 1. The van der Waals surface area contributed by atoms with E-state index in [0.717, 1.165) is 0 Å². The predicted molar refractivity (Wildman–Crippen MR) is 91.6 cm³/mol. The molecule has 3 rings (SSSR count). The number of aromatic nitrogens is 2. The second kappa shape index (κ2) is 7.71. The fourth-order valence-corrected chi connectivity index (χ4v) is 1.98. The maximum absolute atomic E-state index is 12.2. The number of carbonyl (C=O) groups excluding carboxylic acids is 2. The minimum absolute atomic E-state index is 0.144. The summed E-state index contributed by atoms with van der Waals surface area (Å²) in [5.74, 6) is -1.03. The van der Waals surface area contributed by atoms with Gasteiger partial charge in [-0.25, -0.2) is 14.8 Å². The first-order valence-corrected chi connectivity index (χ1v) is 7.43. The number of benzene rings is 2. The maximum Gasteiger partial charge on any atom is 0.343 e. The Morgan fingerprint density at radius 1 is 1.08 bits per heavy atom. The van der Waals surface area contributed by atoms with Crippen molar-refractivity contribution in [2.24, 2.45) is 5.10 Å². The molecule has 0 spiro atoms. The quantitative estimate of drug-likeness (QED) is 0.309. The van der Waals surface area contributed by atoms with Crippen molar-refractivity contribution in [1.29, 1.82) is 0 Å². The van der Waals surface area contributed by atoms with E-state index in [1.54, 1.807) is 54.6 Å². The van der Waals surface area contributed by atoms with E-state index in [2.05, 4.69) is 25.5 Å². The summed E-state index contributed by atoms with van der Waals surface area (Å²) < 4.78 is 9.72. The number of hydrazone groups is 1. The van der Waals surface area contributed by atoms with Gasteiger partial charge in [0.25, 0.3) is 5.91 Å². The van der Waals surface area contributed by atoms with Crippen LogP contribution < -0.4 is 15.9 Å². The van der Waals surface area contributed by atoms with E-state index in [9.17, 15) is 9.59 Å². The Morgan fingerprint density at radius 2 is 1.81 bits per heavy atom. The molecule has 0 aliphatic rings. The number of nitrogens with zero attached hydrogens (tertiary/aromatic N) is 3. The summed E-state index contributed by atoms with van der Waals surface area (Å²) in [6.45, 7) is 0. The van der Waals surface area contributed by atoms with Crippen LogP contribution in [0.4, 0.5) is 5.82 Å². The summed E-state index contributed by atoms with van der Waals surface area (Å²) in [6, 6.07) is 15.3. The highest BCUT2D eigenvalue weighted by atomic mass is 16.6. The number of hydrogen-bond donors (Lipinski definition) is 2. The topological polar surface area (TPSA) is 133 Å². The second-order valence-corrected chi connectivity index (χ2v) is 4.99. The third-order valence-electron chi connectivity index (χ3n) is 3.23. The van der Waals surface area contributed by atoms with Gasteiger partial charge in [-0.1, -0.05) is 30.3 Å². The summed E-state index contributed by atoms with van der Waals surface area (Å²) in [4.78, 5) is 24.0. The highest BCUT2D eigenvalue weighted by Crippen LogP contribution is 2.17. The van der Waals surface area contributed by atoms with Crippen LogP contribution in [0.3, 0.4) is 0 Å². The fourth-order valence-electron chi connectivity index (χ4n) is 1.98. The number of esters is 1. The van der Waals surface area contributed by atoms with Crippen molar-refractivity contribution in [3.8, 4) is 5.75 Å². The van der Waals surface area contributed by atoms with E-state index < -0.39 is 11.9 Å². The number of rotatable bonds is 5. The number of nitrogen functional groups attached to an aromatic ring is 1. The molecule has 1 heterocycles. The van der Waals surface area contributed by atoms with Crippen LogP contribution in [0.15, 0.2) is 64.3 Å². The summed E-state index contributed by atoms with van der Waals surface area (Å²) >= 11 is 0. The molecule has 130 valence electrons. The molecule has 3 N–H and O–H groups in total. The van der Waals surface area contributed by atoms with E-state index in [-0.39, 0.29) is 11.5 Å². The molecule has 0 fully saturated rings. The Hall–Kier alpha value is -4.01. The van der Waals surface area contributed by atoms with Gasteiger partial charge in [-0.15, -0.1) is 0 Å². The predicted octanol–water partition coefficient (Wildman–Crippen LogP) is 1.63. The van der Waals surface area contributed by atoms with Gasteiger partial charge in [-0.3, -0.25) is 4.79 Å². The van der Waals surface area contributed by atoms with Gasteiger partial charge in [0.2, 0.25) is 11.5 Å². The molecule has 0 bridgehead atoms. The van der Waals surface area contributed by atoms with Crippen LogP contribution in [-0.4, -0.2) is 28.4 Å². The van der Waals surface area contributed by atoms with Crippen LogP contribution in [0.5, 0.6) is 5.75 Å². The molecule has 0 radical (unpaired) electrons. The van der Waals surface area contributed by atoms with Crippen molar-refractivity contribution in [2.75, 3.05) is 5.73 Å². The first-order valence-electron chi connectivity index (χ1n) is 7.43. The Kier molecular flexibility index (Phi) is 4.99. The molecule has 0 saturated carbocycles. The molecule has 2 aromatic carbocycles. The normalized spacial score (nSPS) is 10.6. The zero-order valence-corrected chi connectivity index (χ0v) is 13.3. The van der Waals surface area contributed by atoms with E-state index >= 15 is 0 Å². The lowest BCUT2D eigenvalue weighted by Gasteiger charge is -2.07. The number of amides is 1. The first-order chi connectivity index (χ1) is 12.6. The summed E-state index contributed by atoms with van der Waals surface area (Å²) in [5, 5.41) is 10.5. The third-order valence-corrected chi connectivity index (χ3v) is 3.23. The Balaban J connectivity index is 1.70. The van der Waals surface area contributed by atoms with E-state index in [0.29, 0.717) is 16.9 Å². The lowest BCUT2D eigenvalue weighted by Crippen LogP contribution is -2.19. The van der Waals surface area contributed by atoms with Gasteiger partial charge in [0.05, 0.1) is 11.8 Å². The lowest BCUT2D eigenvalue weighted by molar-refractivity contribution is 0.0734. The van der Waals surface area contributed by atoms with E-state index in [4.69, 9.17) is 10.5 Å². The molecule has 0 aliphatic carbocycles. The monoisotopic (exact) mass is 351 g/mol. The van der Waals surface area contributed by atoms with Gasteiger partial charge >= 0.3 is 5.97 Å². The summed E-state index contributed by atoms with van der Waals surface area (Å²) in [6.07, 6.45) is 1.33. The fraction of sp³-hybridized carbons (Fsp3) is 0. The number of nitrogens with one attached hydrogen (secondary N) is 1. The molecule has 0 atom stereocenters. The van der Waals surface area contributed by atoms with Crippen molar-refractivity contribution in [1.82, 2.24) is 15.7 Å². The highest BCUT2D eigenvalue weighted by molar-refractivity contribution is 5.97. The summed E-state index contributed by atoms with van der Waals surface area (Å²) in [5.41, 5.74) is 8.39. The van der Waals surface area contributed by atoms with Crippen molar-refractivity contribution in [3.63, 3.8) is 0 Å². The second-order valence-electron chi connectivity index (χ2n) is 4.99. The summed E-state index contributed by atoms with van der Waals surface area (Å²) in [7, 11) is 0. The van der Waals surface area contributed by atoms with Gasteiger partial charge in [0.1, 0.15) is 5.75 Å². The number of ether oxygens (including phenoxy) is 1. The first kappa shape index (κ1) is 16.8. The van der Waals surface area contributed by atoms with E-state index in [1.165, 1.54) is 6.21 Å². The van der Waals surface area contributed by atoms with Gasteiger partial charge < -0.3 is 10.5 Å². The highest BCUT2D eigenvalue weighted by Gasteiger charge is 2.15. The molecule has 1 aromatic heterocycles. The molecule has 1 amide bonds. The van der Waals surface area contributed by atoms with Crippen molar-refractivity contribution >= 4 is 23.9 Å². The minimum atomic E-state index is -0.682. The molecular formula is C17H13N5O4. The van der Waals surface area contributed by atoms with Gasteiger partial charge in [-0.05, 0) is 34.6 Å².